The van der Waals surface area contributed by atoms with Gasteiger partial charge in [0, 0.05) is 29.1 Å². The lowest BCUT2D eigenvalue weighted by Gasteiger charge is -2.25. The number of benzene rings is 1. The van der Waals surface area contributed by atoms with Crippen molar-refractivity contribution in [3.63, 3.8) is 0 Å². The van der Waals surface area contributed by atoms with Gasteiger partial charge in [-0.3, -0.25) is 0 Å². The number of nitrogens with zero attached hydrogens (tertiary/aromatic N) is 1. The molecule has 1 aromatic carbocycles. The van der Waals surface area contributed by atoms with E-state index in [1.165, 1.54) is 59.7 Å². The van der Waals surface area contributed by atoms with Gasteiger partial charge in [0.25, 0.3) is 0 Å². The van der Waals surface area contributed by atoms with Crippen molar-refractivity contribution in [1.82, 2.24) is 9.88 Å². The average molecular weight is 319 g/mol. The van der Waals surface area contributed by atoms with E-state index in [4.69, 9.17) is 0 Å². The molecule has 2 nitrogen and oxygen atoms in total. The largest absolute Gasteiger partial charge is 0.346 e. The zero-order valence-corrected chi connectivity index (χ0v) is 12.7. The Morgan fingerprint density at radius 2 is 2.21 bits per heavy atom. The number of hydrogen-bond donors (Lipinski definition) is 1. The lowest BCUT2D eigenvalue weighted by Crippen LogP contribution is -2.28. The van der Waals surface area contributed by atoms with Gasteiger partial charge in [0.1, 0.15) is 0 Å². The quantitative estimate of drug-likeness (QED) is 0.846. The molecule has 1 fully saturated rings. The molecule has 1 saturated heterocycles. The Morgan fingerprint density at radius 3 is 3.05 bits per heavy atom. The van der Waals surface area contributed by atoms with Gasteiger partial charge in [0.15, 0.2) is 0 Å². The molecule has 1 N–H and O–H groups in total. The van der Waals surface area contributed by atoms with Gasteiger partial charge in [-0.15, -0.1) is 0 Å². The van der Waals surface area contributed by atoms with Gasteiger partial charge in [-0.2, -0.15) is 0 Å². The fraction of sp³-hybridized carbons (Fsp3) is 0.500. The van der Waals surface area contributed by atoms with Crippen LogP contribution in [-0.2, 0) is 13.0 Å². The molecular formula is C16H19BrN2. The van der Waals surface area contributed by atoms with Gasteiger partial charge >= 0.3 is 0 Å². The molecule has 1 atom stereocenters. The highest BCUT2D eigenvalue weighted by molar-refractivity contribution is 9.10. The molecule has 0 aliphatic carbocycles. The standard InChI is InChI=1S/C16H19BrN2/c17-15-10-19-6-2-4-11-7-13(8-14(15)16(11)19)12-3-1-5-18-9-12/h7-8,10,12,18H,1-6,9H2. The molecule has 4 rings (SSSR count). The minimum atomic E-state index is 0.701. The van der Waals surface area contributed by atoms with Crippen LogP contribution in [-0.4, -0.2) is 17.7 Å². The number of halogens is 1. The molecule has 3 heterocycles. The zero-order chi connectivity index (χ0) is 12.8. The Balaban J connectivity index is 1.87. The molecule has 19 heavy (non-hydrogen) atoms. The smallest absolute Gasteiger partial charge is 0.0524 e. The Morgan fingerprint density at radius 1 is 1.26 bits per heavy atom. The molecule has 0 amide bonds. The van der Waals surface area contributed by atoms with Gasteiger partial charge in [-0.1, -0.05) is 6.07 Å². The highest BCUT2D eigenvalue weighted by Gasteiger charge is 2.20. The molecule has 2 aromatic rings. The van der Waals surface area contributed by atoms with Crippen LogP contribution in [0.2, 0.25) is 0 Å². The summed E-state index contributed by atoms with van der Waals surface area (Å²) in [6, 6.07) is 4.89. The van der Waals surface area contributed by atoms with Gasteiger partial charge in [-0.05, 0) is 71.3 Å². The van der Waals surface area contributed by atoms with Crippen LogP contribution >= 0.6 is 15.9 Å². The first-order chi connectivity index (χ1) is 9.33. The van der Waals surface area contributed by atoms with Crippen LogP contribution in [0.15, 0.2) is 22.8 Å². The number of rotatable bonds is 1. The summed E-state index contributed by atoms with van der Waals surface area (Å²) in [6.07, 6.45) is 7.41. The number of aromatic nitrogens is 1. The summed E-state index contributed by atoms with van der Waals surface area (Å²) >= 11 is 3.74. The number of hydrogen-bond acceptors (Lipinski definition) is 1. The van der Waals surface area contributed by atoms with E-state index in [0.717, 1.165) is 6.54 Å². The second-order valence-electron chi connectivity index (χ2n) is 5.89. The first-order valence-corrected chi connectivity index (χ1v) is 8.14. The summed E-state index contributed by atoms with van der Waals surface area (Å²) in [7, 11) is 0. The van der Waals surface area contributed by atoms with Gasteiger partial charge < -0.3 is 9.88 Å². The van der Waals surface area contributed by atoms with Crippen molar-refractivity contribution in [3.05, 3.63) is 33.9 Å². The second-order valence-corrected chi connectivity index (χ2v) is 6.75. The third-order valence-electron chi connectivity index (χ3n) is 4.64. The Labute approximate surface area is 122 Å². The molecule has 0 spiro atoms. The number of aryl methyl sites for hydroxylation is 2. The van der Waals surface area contributed by atoms with Gasteiger partial charge in [0.05, 0.1) is 5.52 Å². The minimum Gasteiger partial charge on any atom is -0.346 e. The average Bonchev–Trinajstić information content (AvgIpc) is 2.78. The number of piperidine rings is 1. The fourth-order valence-corrected chi connectivity index (χ4v) is 4.24. The van der Waals surface area contributed by atoms with E-state index in [9.17, 15) is 0 Å². The third kappa shape index (κ3) is 1.95. The van der Waals surface area contributed by atoms with E-state index in [0.29, 0.717) is 5.92 Å². The molecule has 100 valence electrons. The van der Waals surface area contributed by atoms with Crippen molar-refractivity contribution in [1.29, 1.82) is 0 Å². The monoisotopic (exact) mass is 318 g/mol. The Kier molecular flexibility index (Phi) is 2.92. The molecule has 1 aromatic heterocycles. The molecule has 0 saturated carbocycles. The van der Waals surface area contributed by atoms with Crippen molar-refractivity contribution in [2.45, 2.75) is 38.1 Å². The minimum absolute atomic E-state index is 0.701. The van der Waals surface area contributed by atoms with Gasteiger partial charge in [-0.25, -0.2) is 0 Å². The molecule has 2 aliphatic rings. The maximum absolute atomic E-state index is 3.74. The van der Waals surface area contributed by atoms with Crippen LogP contribution in [0.3, 0.4) is 0 Å². The zero-order valence-electron chi connectivity index (χ0n) is 11.1. The van der Waals surface area contributed by atoms with Crippen molar-refractivity contribution >= 4 is 26.8 Å². The van der Waals surface area contributed by atoms with Crippen LogP contribution in [0.5, 0.6) is 0 Å². The maximum Gasteiger partial charge on any atom is 0.0524 e. The Hall–Kier alpha value is -0.800. The number of nitrogens with one attached hydrogen (secondary N) is 1. The predicted octanol–water partition coefficient (Wildman–Crippen LogP) is 3.82. The predicted molar refractivity (Wildman–Crippen MR) is 82.8 cm³/mol. The lowest BCUT2D eigenvalue weighted by atomic mass is 9.88. The topological polar surface area (TPSA) is 17.0 Å². The summed E-state index contributed by atoms with van der Waals surface area (Å²) in [5.74, 6) is 0.701. The van der Waals surface area contributed by atoms with Crippen LogP contribution in [0.1, 0.15) is 36.3 Å². The summed E-state index contributed by atoms with van der Waals surface area (Å²) < 4.78 is 3.68. The molecule has 0 bridgehead atoms. The third-order valence-corrected chi connectivity index (χ3v) is 5.27. The van der Waals surface area contributed by atoms with E-state index in [2.05, 4.69) is 44.1 Å². The first kappa shape index (κ1) is 12.0. The van der Waals surface area contributed by atoms with Crippen molar-refractivity contribution in [3.8, 4) is 0 Å². The second kappa shape index (κ2) is 4.64. The maximum atomic E-state index is 3.74. The van der Waals surface area contributed by atoms with E-state index >= 15 is 0 Å². The van der Waals surface area contributed by atoms with Crippen LogP contribution < -0.4 is 5.32 Å². The Bertz CT molecular complexity index is 623. The van der Waals surface area contributed by atoms with Crippen molar-refractivity contribution < 1.29 is 0 Å². The van der Waals surface area contributed by atoms with Crippen molar-refractivity contribution in [2.75, 3.05) is 13.1 Å². The fourth-order valence-electron chi connectivity index (χ4n) is 3.69. The van der Waals surface area contributed by atoms with Crippen LogP contribution in [0, 0.1) is 0 Å². The molecule has 2 aliphatic heterocycles. The van der Waals surface area contributed by atoms with Crippen molar-refractivity contribution in [2.24, 2.45) is 0 Å². The summed E-state index contributed by atoms with van der Waals surface area (Å²) in [5.41, 5.74) is 4.55. The van der Waals surface area contributed by atoms with E-state index in [-0.39, 0.29) is 0 Å². The first-order valence-electron chi connectivity index (χ1n) is 7.35. The SMILES string of the molecule is Brc1cn2c3c(cc(C4CCCNC4)cc13)CCC2. The highest BCUT2D eigenvalue weighted by Crippen LogP contribution is 2.36. The summed E-state index contributed by atoms with van der Waals surface area (Å²) in [4.78, 5) is 0. The normalized spacial score (nSPS) is 22.9. The van der Waals surface area contributed by atoms with Crippen LogP contribution in [0.25, 0.3) is 10.9 Å². The van der Waals surface area contributed by atoms with Gasteiger partial charge in [0.2, 0.25) is 0 Å². The lowest BCUT2D eigenvalue weighted by molar-refractivity contribution is 0.461. The summed E-state index contributed by atoms with van der Waals surface area (Å²) in [5, 5.41) is 4.95. The van der Waals surface area contributed by atoms with E-state index in [1.54, 1.807) is 5.56 Å². The summed E-state index contributed by atoms with van der Waals surface area (Å²) in [6.45, 7) is 3.49. The van der Waals surface area contributed by atoms with E-state index < -0.39 is 0 Å². The van der Waals surface area contributed by atoms with E-state index in [1.807, 2.05) is 0 Å². The molecule has 1 unspecified atom stereocenters. The highest BCUT2D eigenvalue weighted by atomic mass is 79.9. The van der Waals surface area contributed by atoms with Crippen LogP contribution in [0.4, 0.5) is 0 Å². The molecule has 3 heteroatoms. The molecule has 0 radical (unpaired) electrons. The molecular weight excluding hydrogens is 300 g/mol.